The van der Waals surface area contributed by atoms with Crippen LogP contribution in [0.2, 0.25) is 0 Å². The summed E-state index contributed by atoms with van der Waals surface area (Å²) in [6.45, 7) is 8.32. The average molecular weight is 601 g/mol. The van der Waals surface area contributed by atoms with Crippen molar-refractivity contribution in [3.8, 4) is 11.1 Å². The van der Waals surface area contributed by atoms with Crippen LogP contribution in [0.15, 0.2) is 36.4 Å². The number of rotatable bonds is 7. The first-order valence-electron chi connectivity index (χ1n) is 15.3. The summed E-state index contributed by atoms with van der Waals surface area (Å²) in [5, 5.41) is 8.24. The van der Waals surface area contributed by atoms with Gasteiger partial charge in [-0.1, -0.05) is 24.3 Å². The van der Waals surface area contributed by atoms with E-state index in [1.54, 1.807) is 0 Å². The molecular weight excluding hydrogens is 565 g/mol. The van der Waals surface area contributed by atoms with Crippen LogP contribution in [-0.2, 0) is 0 Å². The highest BCUT2D eigenvalue weighted by atomic mass is 32.1. The van der Waals surface area contributed by atoms with Gasteiger partial charge in [0.1, 0.15) is 11.4 Å². The number of nitrogens with one attached hydrogen (secondary N) is 2. The Morgan fingerprint density at radius 3 is 1.86 bits per heavy atom. The SMILES string of the molecule is O=C(NCC12CCN(CC1)CC2)c1nsc2ccc(-c3cccc4c(C(=O)NCC56CCN(CC5)CC6)nsc34)cc12. The van der Waals surface area contributed by atoms with Crippen LogP contribution < -0.4 is 10.6 Å². The molecule has 2 aromatic carbocycles. The predicted octanol–water partition coefficient (Wildman–Crippen LogP) is 5.00. The summed E-state index contributed by atoms with van der Waals surface area (Å²) >= 11 is 2.74. The molecule has 10 heteroatoms. The lowest BCUT2D eigenvalue weighted by atomic mass is 9.72. The Balaban J connectivity index is 1.03. The fourth-order valence-corrected chi connectivity index (χ4v) is 9.31. The second-order valence-electron chi connectivity index (χ2n) is 13.0. The number of hydrogen-bond donors (Lipinski definition) is 2. The zero-order valence-electron chi connectivity index (χ0n) is 23.8. The number of hydrogen-bond acceptors (Lipinski definition) is 8. The van der Waals surface area contributed by atoms with Crippen LogP contribution in [0.25, 0.3) is 31.3 Å². The molecule has 2 N–H and O–H groups in total. The molecule has 4 bridgehead atoms. The Bertz CT molecular complexity index is 1650. The molecule has 6 aliphatic rings. The van der Waals surface area contributed by atoms with Gasteiger partial charge < -0.3 is 20.4 Å². The van der Waals surface area contributed by atoms with Gasteiger partial charge in [-0.15, -0.1) is 0 Å². The molecule has 218 valence electrons. The van der Waals surface area contributed by atoms with E-state index >= 15 is 0 Å². The van der Waals surface area contributed by atoms with Gasteiger partial charge in [-0.05, 0) is 129 Å². The van der Waals surface area contributed by atoms with Gasteiger partial charge in [-0.3, -0.25) is 9.59 Å². The molecule has 0 unspecified atom stereocenters. The summed E-state index contributed by atoms with van der Waals surface area (Å²) < 4.78 is 11.2. The molecule has 8 nitrogen and oxygen atoms in total. The largest absolute Gasteiger partial charge is 0.350 e. The number of carbonyl (C=O) groups is 2. The van der Waals surface area contributed by atoms with Gasteiger partial charge >= 0.3 is 0 Å². The third-order valence-electron chi connectivity index (χ3n) is 10.7. The number of aromatic nitrogens is 2. The summed E-state index contributed by atoms with van der Waals surface area (Å²) in [4.78, 5) is 31.7. The summed E-state index contributed by atoms with van der Waals surface area (Å²) in [5.41, 5.74) is 3.52. The van der Waals surface area contributed by atoms with Crippen molar-refractivity contribution in [1.29, 1.82) is 0 Å². The minimum Gasteiger partial charge on any atom is -0.350 e. The summed E-state index contributed by atoms with van der Waals surface area (Å²) in [6, 6.07) is 12.3. The number of piperidine rings is 6. The van der Waals surface area contributed by atoms with E-state index in [2.05, 4.69) is 53.4 Å². The van der Waals surface area contributed by atoms with Crippen LogP contribution in [0.3, 0.4) is 0 Å². The number of carbonyl (C=O) groups excluding carboxylic acids is 2. The molecule has 6 saturated heterocycles. The first kappa shape index (κ1) is 26.7. The smallest absolute Gasteiger partial charge is 0.271 e. The zero-order valence-corrected chi connectivity index (χ0v) is 25.4. The zero-order chi connectivity index (χ0) is 28.3. The third-order valence-corrected chi connectivity index (χ3v) is 12.4. The van der Waals surface area contributed by atoms with E-state index < -0.39 is 0 Å². The molecule has 0 radical (unpaired) electrons. The maximum Gasteiger partial charge on any atom is 0.271 e. The fourth-order valence-electron chi connectivity index (χ4n) is 7.65. The Kier molecular flexibility index (Phi) is 6.58. The monoisotopic (exact) mass is 600 g/mol. The van der Waals surface area contributed by atoms with Crippen molar-refractivity contribution in [2.75, 3.05) is 52.4 Å². The van der Waals surface area contributed by atoms with Gasteiger partial charge in [0.2, 0.25) is 0 Å². The topological polar surface area (TPSA) is 90.5 Å². The standard InChI is InChI=1S/C32H36N6O2S2/c39-29(33-19-31-6-12-37(13-7-31)14-8-31)26-23-3-1-2-22(28(23)42-36-26)21-4-5-25-24(18-21)27(35-41-25)30(40)34-20-32-9-15-38(16-10-32)17-11-32/h1-5,18H,6-17,19-20H2,(H,33,39)(H,34,40). The van der Waals surface area contributed by atoms with Crippen LogP contribution >= 0.6 is 23.1 Å². The molecule has 4 aromatic rings. The molecule has 10 rings (SSSR count). The highest BCUT2D eigenvalue weighted by Crippen LogP contribution is 2.41. The average Bonchev–Trinajstić information content (AvgIpc) is 3.69. The molecule has 6 aliphatic heterocycles. The van der Waals surface area contributed by atoms with E-state index in [1.165, 1.54) is 23.1 Å². The van der Waals surface area contributed by atoms with Crippen molar-refractivity contribution >= 4 is 55.1 Å². The molecular formula is C32H36N6O2S2. The lowest BCUT2D eigenvalue weighted by molar-refractivity contribution is 0.0262. The molecule has 42 heavy (non-hydrogen) atoms. The normalized spacial score (nSPS) is 28.4. The predicted molar refractivity (Wildman–Crippen MR) is 168 cm³/mol. The van der Waals surface area contributed by atoms with Crippen LogP contribution in [0, 0.1) is 10.8 Å². The van der Waals surface area contributed by atoms with Crippen LogP contribution in [0.1, 0.15) is 59.5 Å². The van der Waals surface area contributed by atoms with Crippen molar-refractivity contribution in [3.05, 3.63) is 47.8 Å². The van der Waals surface area contributed by atoms with Crippen molar-refractivity contribution in [2.24, 2.45) is 10.8 Å². The minimum atomic E-state index is -0.0844. The maximum absolute atomic E-state index is 13.4. The Labute approximate surface area is 253 Å². The van der Waals surface area contributed by atoms with Gasteiger partial charge in [0.05, 0.1) is 9.40 Å². The Hall–Kier alpha value is -2.92. The molecule has 6 fully saturated rings. The highest BCUT2D eigenvalue weighted by Gasteiger charge is 2.40. The van der Waals surface area contributed by atoms with E-state index in [1.807, 2.05) is 12.1 Å². The third kappa shape index (κ3) is 4.63. The molecule has 2 aromatic heterocycles. The summed E-state index contributed by atoms with van der Waals surface area (Å²) in [7, 11) is 0. The quantitative estimate of drug-likeness (QED) is 0.310. The van der Waals surface area contributed by atoms with Gasteiger partial charge in [-0.2, -0.15) is 8.75 Å². The van der Waals surface area contributed by atoms with E-state index in [9.17, 15) is 9.59 Å². The van der Waals surface area contributed by atoms with Gasteiger partial charge in [0, 0.05) is 29.4 Å². The molecule has 0 aliphatic carbocycles. The fraction of sp³-hybridized carbons (Fsp3) is 0.500. The first-order chi connectivity index (χ1) is 20.5. The van der Waals surface area contributed by atoms with E-state index in [0.29, 0.717) is 11.4 Å². The highest BCUT2D eigenvalue weighted by molar-refractivity contribution is 7.14. The van der Waals surface area contributed by atoms with Gasteiger partial charge in [-0.25, -0.2) is 0 Å². The van der Waals surface area contributed by atoms with Gasteiger partial charge in [0.15, 0.2) is 0 Å². The van der Waals surface area contributed by atoms with E-state index in [0.717, 1.165) is 122 Å². The lowest BCUT2D eigenvalue weighted by Gasteiger charge is -2.48. The van der Waals surface area contributed by atoms with Crippen molar-refractivity contribution in [3.63, 3.8) is 0 Å². The van der Waals surface area contributed by atoms with E-state index in [-0.39, 0.29) is 22.6 Å². The van der Waals surface area contributed by atoms with Crippen molar-refractivity contribution in [2.45, 2.75) is 38.5 Å². The minimum absolute atomic E-state index is 0.0830. The van der Waals surface area contributed by atoms with Gasteiger partial charge in [0.25, 0.3) is 11.8 Å². The summed E-state index contributed by atoms with van der Waals surface area (Å²) in [6.07, 6.45) is 6.97. The molecule has 2 amide bonds. The van der Waals surface area contributed by atoms with Crippen LogP contribution in [-0.4, -0.2) is 82.7 Å². The second-order valence-corrected chi connectivity index (χ2v) is 14.6. The molecule has 8 heterocycles. The lowest BCUT2D eigenvalue weighted by Crippen LogP contribution is -2.52. The van der Waals surface area contributed by atoms with Crippen LogP contribution in [0.4, 0.5) is 0 Å². The molecule has 0 spiro atoms. The number of fused-ring (bicyclic) bond motifs is 8. The van der Waals surface area contributed by atoms with Crippen LogP contribution in [0.5, 0.6) is 0 Å². The second kappa shape index (κ2) is 10.4. The number of benzene rings is 2. The molecule has 0 saturated carbocycles. The first-order valence-corrected chi connectivity index (χ1v) is 16.8. The van der Waals surface area contributed by atoms with Crippen molar-refractivity contribution in [1.82, 2.24) is 29.2 Å². The molecule has 0 atom stereocenters. The maximum atomic E-state index is 13.4. The van der Waals surface area contributed by atoms with E-state index in [4.69, 9.17) is 0 Å². The number of amides is 2. The Morgan fingerprint density at radius 1 is 0.714 bits per heavy atom. The summed E-state index contributed by atoms with van der Waals surface area (Å²) in [5.74, 6) is -0.167. The van der Waals surface area contributed by atoms with Crippen molar-refractivity contribution < 1.29 is 9.59 Å². The Morgan fingerprint density at radius 2 is 1.26 bits per heavy atom. The number of nitrogens with zero attached hydrogens (tertiary/aromatic N) is 4.